The van der Waals surface area contributed by atoms with Crippen LogP contribution in [0.2, 0.25) is 5.02 Å². The van der Waals surface area contributed by atoms with E-state index in [1.807, 2.05) is 0 Å². The SMILES string of the molecule is NS(=O)(=O)c1ccc(CNC(C(=O)Nc2ccc(Cl)cc2C(F)(F)F)c2ccccc2)cc1. The number of alkyl halides is 3. The molecule has 0 spiro atoms. The Labute approximate surface area is 193 Å². The molecular weight excluding hydrogens is 479 g/mol. The average molecular weight is 498 g/mol. The van der Waals surface area contributed by atoms with Gasteiger partial charge in [0.05, 0.1) is 16.1 Å². The molecule has 3 aromatic carbocycles. The monoisotopic (exact) mass is 497 g/mol. The summed E-state index contributed by atoms with van der Waals surface area (Å²) in [5.41, 5.74) is -0.317. The standard InChI is InChI=1S/C22H19ClF3N3O3S/c23-16-8-11-19(18(12-16)22(24,25)26)29-21(30)20(15-4-2-1-3-5-15)28-13-14-6-9-17(10-7-14)33(27,31)32/h1-12,20,28H,13H2,(H,29,30)(H2,27,31,32). The number of halogens is 4. The number of primary sulfonamides is 1. The van der Waals surface area contributed by atoms with Crippen LogP contribution in [0.1, 0.15) is 22.7 Å². The first-order valence-corrected chi connectivity index (χ1v) is 11.5. The molecule has 0 heterocycles. The van der Waals surface area contributed by atoms with Crippen LogP contribution in [0.5, 0.6) is 0 Å². The molecule has 6 nitrogen and oxygen atoms in total. The molecule has 0 aromatic heterocycles. The van der Waals surface area contributed by atoms with Gasteiger partial charge in [-0.15, -0.1) is 0 Å². The van der Waals surface area contributed by atoms with Gasteiger partial charge in [0.1, 0.15) is 6.04 Å². The number of carbonyl (C=O) groups excluding carboxylic acids is 1. The van der Waals surface area contributed by atoms with Crippen LogP contribution in [-0.2, 0) is 27.5 Å². The molecule has 11 heteroatoms. The van der Waals surface area contributed by atoms with Crippen LogP contribution >= 0.6 is 11.6 Å². The van der Waals surface area contributed by atoms with Gasteiger partial charge < -0.3 is 5.32 Å². The van der Waals surface area contributed by atoms with Gasteiger partial charge >= 0.3 is 6.18 Å². The summed E-state index contributed by atoms with van der Waals surface area (Å²) in [7, 11) is -3.85. The Bertz CT molecular complexity index is 1240. The predicted octanol–water partition coefficient (Wildman–Crippen LogP) is 4.48. The van der Waals surface area contributed by atoms with E-state index < -0.39 is 39.4 Å². The van der Waals surface area contributed by atoms with Crippen LogP contribution in [0.3, 0.4) is 0 Å². The van der Waals surface area contributed by atoms with Crippen LogP contribution < -0.4 is 15.8 Å². The van der Waals surface area contributed by atoms with Crippen molar-refractivity contribution in [3.63, 3.8) is 0 Å². The second-order valence-electron chi connectivity index (χ2n) is 7.09. The van der Waals surface area contributed by atoms with Gasteiger partial charge in [-0.3, -0.25) is 10.1 Å². The number of benzene rings is 3. The van der Waals surface area contributed by atoms with Crippen molar-refractivity contribution < 1.29 is 26.4 Å². The molecule has 3 aromatic rings. The lowest BCUT2D eigenvalue weighted by atomic mass is 10.0. The number of anilines is 1. The van der Waals surface area contributed by atoms with Crippen LogP contribution in [0.4, 0.5) is 18.9 Å². The Balaban J connectivity index is 1.84. The second-order valence-corrected chi connectivity index (χ2v) is 9.09. The number of nitrogens with two attached hydrogens (primary N) is 1. The van der Waals surface area contributed by atoms with Crippen molar-refractivity contribution in [3.05, 3.63) is 94.5 Å². The molecule has 0 bridgehead atoms. The maximum Gasteiger partial charge on any atom is 0.418 e. The van der Waals surface area contributed by atoms with Gasteiger partial charge in [0.15, 0.2) is 0 Å². The fourth-order valence-electron chi connectivity index (χ4n) is 3.09. The van der Waals surface area contributed by atoms with E-state index in [2.05, 4.69) is 10.6 Å². The van der Waals surface area contributed by atoms with Crippen LogP contribution in [0.25, 0.3) is 0 Å². The molecular formula is C22H19ClF3N3O3S. The predicted molar refractivity (Wildman–Crippen MR) is 119 cm³/mol. The minimum Gasteiger partial charge on any atom is -0.324 e. The lowest BCUT2D eigenvalue weighted by Gasteiger charge is -2.21. The lowest BCUT2D eigenvalue weighted by molar-refractivity contribution is -0.137. The summed E-state index contributed by atoms with van der Waals surface area (Å²) in [6.07, 6.45) is -4.71. The Hall–Kier alpha value is -2.92. The van der Waals surface area contributed by atoms with Gasteiger partial charge in [-0.25, -0.2) is 13.6 Å². The van der Waals surface area contributed by atoms with E-state index in [4.69, 9.17) is 16.7 Å². The highest BCUT2D eigenvalue weighted by atomic mass is 35.5. The summed E-state index contributed by atoms with van der Waals surface area (Å²) in [6.45, 7) is 0.130. The number of amides is 1. The van der Waals surface area contributed by atoms with E-state index >= 15 is 0 Å². The van der Waals surface area contributed by atoms with Gasteiger partial charge in [0, 0.05) is 11.6 Å². The third kappa shape index (κ3) is 6.55. The summed E-state index contributed by atoms with van der Waals surface area (Å²) in [4.78, 5) is 13.0. The van der Waals surface area contributed by atoms with Crippen molar-refractivity contribution in [1.82, 2.24) is 5.32 Å². The van der Waals surface area contributed by atoms with E-state index in [-0.39, 0.29) is 16.5 Å². The first kappa shape index (κ1) is 24.7. The minimum absolute atomic E-state index is 0.0639. The number of sulfonamides is 1. The lowest BCUT2D eigenvalue weighted by Crippen LogP contribution is -2.33. The van der Waals surface area contributed by atoms with Crippen LogP contribution in [-0.4, -0.2) is 14.3 Å². The fraction of sp³-hybridized carbons (Fsp3) is 0.136. The highest BCUT2D eigenvalue weighted by Gasteiger charge is 2.35. The third-order valence-corrected chi connectivity index (χ3v) is 5.87. The van der Waals surface area contributed by atoms with Crippen molar-refractivity contribution in [2.24, 2.45) is 5.14 Å². The zero-order valence-corrected chi connectivity index (χ0v) is 18.5. The first-order valence-electron chi connectivity index (χ1n) is 9.53. The summed E-state index contributed by atoms with van der Waals surface area (Å²) >= 11 is 5.70. The molecule has 1 atom stereocenters. The number of carbonyl (C=O) groups is 1. The van der Waals surface area contributed by atoms with Gasteiger partial charge in [0.2, 0.25) is 15.9 Å². The molecule has 1 unspecified atom stereocenters. The number of hydrogen-bond donors (Lipinski definition) is 3. The quantitative estimate of drug-likeness (QED) is 0.448. The first-order chi connectivity index (χ1) is 15.4. The van der Waals surface area contributed by atoms with Gasteiger partial charge in [-0.2, -0.15) is 13.2 Å². The molecule has 0 saturated carbocycles. The Morgan fingerprint density at radius 2 is 1.64 bits per heavy atom. The van der Waals surface area contributed by atoms with Gasteiger partial charge in [-0.05, 0) is 41.5 Å². The van der Waals surface area contributed by atoms with E-state index in [1.165, 1.54) is 30.3 Å². The average Bonchev–Trinajstić information content (AvgIpc) is 2.75. The van der Waals surface area contributed by atoms with Crippen molar-refractivity contribution in [2.45, 2.75) is 23.7 Å². The number of hydrogen-bond acceptors (Lipinski definition) is 4. The van der Waals surface area contributed by atoms with Crippen LogP contribution in [0, 0.1) is 0 Å². The molecule has 1 amide bonds. The Kier molecular flexibility index (Phi) is 7.43. The van der Waals surface area contributed by atoms with E-state index in [1.54, 1.807) is 30.3 Å². The zero-order chi connectivity index (χ0) is 24.2. The summed E-state index contributed by atoms with van der Waals surface area (Å²) in [5, 5.41) is 10.3. The topological polar surface area (TPSA) is 101 Å². The van der Waals surface area contributed by atoms with Crippen molar-refractivity contribution in [3.8, 4) is 0 Å². The van der Waals surface area contributed by atoms with Crippen molar-refractivity contribution >= 4 is 33.2 Å². The molecule has 0 aliphatic carbocycles. The smallest absolute Gasteiger partial charge is 0.324 e. The fourth-order valence-corrected chi connectivity index (χ4v) is 3.78. The molecule has 0 radical (unpaired) electrons. The molecule has 33 heavy (non-hydrogen) atoms. The van der Waals surface area contributed by atoms with E-state index in [0.717, 1.165) is 12.1 Å². The number of nitrogens with one attached hydrogen (secondary N) is 2. The molecule has 0 aliphatic rings. The summed E-state index contributed by atoms with van der Waals surface area (Å²) < 4.78 is 63.0. The highest BCUT2D eigenvalue weighted by molar-refractivity contribution is 7.89. The Morgan fingerprint density at radius 1 is 1.00 bits per heavy atom. The molecule has 174 valence electrons. The minimum atomic E-state index is -4.71. The van der Waals surface area contributed by atoms with Gasteiger partial charge in [-0.1, -0.05) is 54.1 Å². The molecule has 0 aliphatic heterocycles. The normalized spacial score (nSPS) is 12.9. The van der Waals surface area contributed by atoms with Crippen molar-refractivity contribution in [1.29, 1.82) is 0 Å². The Morgan fingerprint density at radius 3 is 2.21 bits per heavy atom. The summed E-state index contributed by atoms with van der Waals surface area (Å²) in [5.74, 6) is -0.713. The maximum atomic E-state index is 13.4. The summed E-state index contributed by atoms with van der Waals surface area (Å²) in [6, 6.07) is 16.2. The highest BCUT2D eigenvalue weighted by Crippen LogP contribution is 2.36. The molecule has 0 saturated heterocycles. The molecule has 3 rings (SSSR count). The zero-order valence-electron chi connectivity index (χ0n) is 16.9. The van der Waals surface area contributed by atoms with Gasteiger partial charge in [0.25, 0.3) is 0 Å². The largest absolute Gasteiger partial charge is 0.418 e. The molecule has 4 N–H and O–H groups in total. The second kappa shape index (κ2) is 9.92. The number of rotatable bonds is 7. The third-order valence-electron chi connectivity index (χ3n) is 4.70. The van der Waals surface area contributed by atoms with E-state index in [0.29, 0.717) is 11.1 Å². The van der Waals surface area contributed by atoms with E-state index in [9.17, 15) is 26.4 Å². The van der Waals surface area contributed by atoms with Crippen molar-refractivity contribution in [2.75, 3.05) is 5.32 Å². The maximum absolute atomic E-state index is 13.4. The van der Waals surface area contributed by atoms with Crippen LogP contribution in [0.15, 0.2) is 77.7 Å². The molecule has 0 fully saturated rings.